The number of imidazole rings is 1. The first kappa shape index (κ1) is 40.5. The molecule has 1 unspecified atom stereocenters. The largest absolute Gasteiger partial charge is 0.485 e. The summed E-state index contributed by atoms with van der Waals surface area (Å²) in [7, 11) is 0. The molecular formula is C33H51F2N3O4. The highest BCUT2D eigenvalue weighted by atomic mass is 19.1. The van der Waals surface area contributed by atoms with Crippen molar-refractivity contribution >= 4 is 5.91 Å². The third-order valence-corrected chi connectivity index (χ3v) is 5.74. The maximum atomic E-state index is 13.0. The van der Waals surface area contributed by atoms with Gasteiger partial charge < -0.3 is 24.5 Å². The number of halogens is 2. The lowest BCUT2D eigenvalue weighted by Gasteiger charge is -2.28. The molecule has 7 nitrogen and oxygen atoms in total. The molecule has 236 valence electrons. The maximum absolute atomic E-state index is 13.0. The van der Waals surface area contributed by atoms with Gasteiger partial charge in [0.2, 0.25) is 0 Å². The Morgan fingerprint density at radius 2 is 1.90 bits per heavy atom. The van der Waals surface area contributed by atoms with Gasteiger partial charge in [-0.3, -0.25) is 4.79 Å². The third-order valence-electron chi connectivity index (χ3n) is 5.74. The van der Waals surface area contributed by atoms with Crippen molar-refractivity contribution in [2.75, 3.05) is 19.8 Å². The molecule has 0 saturated heterocycles. The summed E-state index contributed by atoms with van der Waals surface area (Å²) in [5.74, 6) is 0.375. The van der Waals surface area contributed by atoms with Crippen molar-refractivity contribution in [1.29, 1.82) is 0 Å². The predicted octanol–water partition coefficient (Wildman–Crippen LogP) is 7.49. The number of carbonyl (C=O) groups excluding carboxylic acids is 1. The molecule has 2 N–H and O–H groups in total. The summed E-state index contributed by atoms with van der Waals surface area (Å²) < 4.78 is 36.6. The number of allylic oxidation sites excluding steroid dienone is 1. The van der Waals surface area contributed by atoms with Gasteiger partial charge in [0.1, 0.15) is 24.8 Å². The second-order valence-electron chi connectivity index (χ2n) is 9.42. The van der Waals surface area contributed by atoms with Crippen LogP contribution in [0.3, 0.4) is 0 Å². The molecular weight excluding hydrogens is 540 g/mol. The Morgan fingerprint density at radius 1 is 1.29 bits per heavy atom. The molecule has 1 aromatic heterocycles. The summed E-state index contributed by atoms with van der Waals surface area (Å²) in [4.78, 5) is 21.4. The van der Waals surface area contributed by atoms with E-state index in [1.54, 1.807) is 31.1 Å². The van der Waals surface area contributed by atoms with Gasteiger partial charge in [-0.05, 0) is 51.3 Å². The Hall–Kier alpha value is -3.64. The van der Waals surface area contributed by atoms with Crippen LogP contribution in [0.5, 0.6) is 5.75 Å². The number of H-pyrrole nitrogens is 1. The number of alkyl halides is 1. The summed E-state index contributed by atoms with van der Waals surface area (Å²) in [6.45, 7) is 20.3. The zero-order chi connectivity index (χ0) is 32.9. The first-order valence-electron chi connectivity index (χ1n) is 14.3. The SMILES string of the molecule is C#C.C/C(CF)=C(\OCC(C)(C)O)C(=O)N1CCc2nc[nH]c2C1.C=COc1ccc(F)cc1C(C)CC.CC.CC. The molecule has 1 atom stereocenters. The van der Waals surface area contributed by atoms with Crippen LogP contribution in [0.2, 0.25) is 0 Å². The lowest BCUT2D eigenvalue weighted by atomic mass is 9.97. The van der Waals surface area contributed by atoms with Gasteiger partial charge in [0, 0.05) is 24.1 Å². The molecule has 1 amide bonds. The minimum absolute atomic E-state index is 0.0207. The van der Waals surface area contributed by atoms with E-state index in [2.05, 4.69) is 36.3 Å². The number of hydrogen-bond acceptors (Lipinski definition) is 5. The van der Waals surface area contributed by atoms with Crippen LogP contribution in [0, 0.1) is 18.7 Å². The minimum atomic E-state index is -1.10. The number of aromatic amines is 1. The highest BCUT2D eigenvalue weighted by Gasteiger charge is 2.28. The lowest BCUT2D eigenvalue weighted by Crippen LogP contribution is -2.39. The van der Waals surface area contributed by atoms with Gasteiger partial charge in [0.25, 0.3) is 5.91 Å². The number of nitrogens with one attached hydrogen (secondary N) is 1. The predicted molar refractivity (Wildman–Crippen MR) is 167 cm³/mol. The molecule has 0 aliphatic carbocycles. The molecule has 2 heterocycles. The number of aromatic nitrogens is 2. The van der Waals surface area contributed by atoms with E-state index < -0.39 is 12.3 Å². The van der Waals surface area contributed by atoms with E-state index in [4.69, 9.17) is 9.47 Å². The number of nitrogens with zero attached hydrogens (tertiary/aromatic N) is 2. The molecule has 0 radical (unpaired) electrons. The number of fused-ring (bicyclic) bond motifs is 1. The molecule has 0 fully saturated rings. The molecule has 9 heteroatoms. The molecule has 0 saturated carbocycles. The second-order valence-corrected chi connectivity index (χ2v) is 9.42. The Bertz CT molecular complexity index is 1100. The van der Waals surface area contributed by atoms with E-state index in [0.29, 0.717) is 31.2 Å². The lowest BCUT2D eigenvalue weighted by molar-refractivity contribution is -0.133. The minimum Gasteiger partial charge on any atom is -0.485 e. The van der Waals surface area contributed by atoms with Gasteiger partial charge in [0.15, 0.2) is 5.76 Å². The molecule has 3 rings (SSSR count). The van der Waals surface area contributed by atoms with Crippen LogP contribution in [0.4, 0.5) is 8.78 Å². The normalized spacial score (nSPS) is 12.9. The fraction of sp³-hybridized carbons (Fsp3) is 0.515. The van der Waals surface area contributed by atoms with Crippen LogP contribution < -0.4 is 4.74 Å². The molecule has 0 bridgehead atoms. The Balaban J connectivity index is 0. The van der Waals surface area contributed by atoms with Gasteiger partial charge in [-0.1, -0.05) is 48.1 Å². The number of amides is 1. The summed E-state index contributed by atoms with van der Waals surface area (Å²) in [6.07, 6.45) is 12.6. The van der Waals surface area contributed by atoms with Crippen molar-refractivity contribution in [3.63, 3.8) is 0 Å². The van der Waals surface area contributed by atoms with Gasteiger partial charge in [-0.25, -0.2) is 13.8 Å². The standard InChI is InChI=1S/C15H22FN3O3.C12H15FO.2C2H6.C2H2/c1-10(6-16)13(22-8-15(2,3)21)14(20)19-5-4-11-12(7-19)18-9-17-11;1-4-9(3)11-8-10(13)6-7-12(11)14-5-2;3*1-2/h9,21H,4-8H2,1-3H3,(H,17,18);5-9H,2,4H2,1,3H3;2*1-2H3;1-2H/b13-10+;;;;. The smallest absolute Gasteiger partial charge is 0.289 e. The number of rotatable bonds is 9. The molecule has 1 aromatic carbocycles. The second kappa shape index (κ2) is 22.0. The topological polar surface area (TPSA) is 87.7 Å². The van der Waals surface area contributed by atoms with Crippen LogP contribution >= 0.6 is 0 Å². The number of benzene rings is 1. The van der Waals surface area contributed by atoms with Gasteiger partial charge >= 0.3 is 0 Å². The van der Waals surface area contributed by atoms with E-state index in [9.17, 15) is 18.7 Å². The van der Waals surface area contributed by atoms with E-state index >= 15 is 0 Å². The molecule has 42 heavy (non-hydrogen) atoms. The first-order valence-corrected chi connectivity index (χ1v) is 14.3. The van der Waals surface area contributed by atoms with Gasteiger partial charge in [-0.2, -0.15) is 0 Å². The van der Waals surface area contributed by atoms with Gasteiger partial charge in [-0.15, -0.1) is 12.8 Å². The molecule has 2 aromatic rings. The van der Waals surface area contributed by atoms with Crippen LogP contribution in [0.15, 0.2) is 48.7 Å². The highest BCUT2D eigenvalue weighted by Crippen LogP contribution is 2.29. The molecule has 0 spiro atoms. The monoisotopic (exact) mass is 591 g/mol. The first-order chi connectivity index (χ1) is 20.0. The van der Waals surface area contributed by atoms with E-state index in [1.807, 2.05) is 34.6 Å². The Kier molecular flexibility index (Phi) is 21.2. The summed E-state index contributed by atoms with van der Waals surface area (Å²) in [6, 6.07) is 4.55. The molecule has 1 aliphatic rings. The van der Waals surface area contributed by atoms with Crippen LogP contribution in [-0.4, -0.2) is 51.3 Å². The Labute approximate surface area is 252 Å². The van der Waals surface area contributed by atoms with Crippen LogP contribution in [0.25, 0.3) is 0 Å². The van der Waals surface area contributed by atoms with Crippen LogP contribution in [0.1, 0.15) is 91.6 Å². The quantitative estimate of drug-likeness (QED) is 0.179. The number of ether oxygens (including phenoxy) is 2. The van der Waals surface area contributed by atoms with E-state index in [1.165, 1.54) is 25.3 Å². The fourth-order valence-corrected chi connectivity index (χ4v) is 3.53. The van der Waals surface area contributed by atoms with Crippen molar-refractivity contribution in [2.24, 2.45) is 0 Å². The van der Waals surface area contributed by atoms with Crippen molar-refractivity contribution in [3.8, 4) is 18.6 Å². The fourth-order valence-electron chi connectivity index (χ4n) is 3.53. The maximum Gasteiger partial charge on any atom is 0.289 e. The van der Waals surface area contributed by atoms with Crippen molar-refractivity contribution in [1.82, 2.24) is 14.9 Å². The molecule has 1 aliphatic heterocycles. The number of hydrogen-bond donors (Lipinski definition) is 2. The van der Waals surface area contributed by atoms with Gasteiger partial charge in [0.05, 0.1) is 36.1 Å². The number of aliphatic hydroxyl groups is 1. The summed E-state index contributed by atoms with van der Waals surface area (Å²) >= 11 is 0. The van der Waals surface area contributed by atoms with E-state index in [0.717, 1.165) is 23.4 Å². The van der Waals surface area contributed by atoms with Crippen molar-refractivity contribution < 1.29 is 28.2 Å². The average Bonchev–Trinajstić information content (AvgIpc) is 3.48. The zero-order valence-electron chi connectivity index (χ0n) is 26.9. The van der Waals surface area contributed by atoms with Crippen molar-refractivity contribution in [2.45, 2.75) is 93.2 Å². The average molecular weight is 592 g/mol. The summed E-state index contributed by atoms with van der Waals surface area (Å²) in [5, 5.41) is 9.74. The number of terminal acetylenes is 1. The third kappa shape index (κ3) is 13.8. The highest BCUT2D eigenvalue weighted by molar-refractivity contribution is 5.92. The van der Waals surface area contributed by atoms with Crippen LogP contribution in [-0.2, 0) is 22.5 Å². The van der Waals surface area contributed by atoms with E-state index in [-0.39, 0.29) is 29.7 Å². The Morgan fingerprint density at radius 3 is 2.43 bits per heavy atom. The number of carbonyl (C=O) groups is 1. The zero-order valence-corrected chi connectivity index (χ0v) is 26.9. The summed E-state index contributed by atoms with van der Waals surface area (Å²) in [5.41, 5.74) is 1.87. The van der Waals surface area contributed by atoms with Crippen molar-refractivity contribution in [3.05, 3.63) is 71.5 Å².